The van der Waals surface area contributed by atoms with Crippen molar-refractivity contribution in [1.29, 1.82) is 0 Å². The number of hydrogen-bond donors (Lipinski definition) is 2. The van der Waals surface area contributed by atoms with Gasteiger partial charge in [-0.1, -0.05) is 0 Å². The molecule has 0 aromatic rings. The summed E-state index contributed by atoms with van der Waals surface area (Å²) < 4.78 is 0. The Balaban J connectivity index is 0. The molecule has 0 unspecified atom stereocenters. The third kappa shape index (κ3) is 36.5. The first-order valence-electron chi connectivity index (χ1n) is 0. The molecule has 0 heterocycles. The Hall–Kier alpha value is 1.22. The van der Waals surface area contributed by atoms with E-state index in [2.05, 4.69) is 0 Å². The Kier molecular flexibility index (Phi) is 1430. The van der Waals surface area contributed by atoms with Gasteiger partial charge in [-0.3, -0.25) is 0 Å². The first-order valence-corrected chi connectivity index (χ1v) is 0. The molecule has 0 amide bonds. The molecular weight excluding hydrogens is 196 g/mol. The van der Waals surface area contributed by atoms with Gasteiger partial charge in [0.15, 0.2) is 0 Å². The molecule has 4 nitrogen and oxygen atoms in total. The third-order valence-corrected chi connectivity index (χ3v) is 0. The standard InChI is InChI=1S/Ce.2H3N.2N/h;2*1H3;;/q+4;;;2*-3/p+2. The summed E-state index contributed by atoms with van der Waals surface area (Å²) in [5.41, 5.74) is 0. The SMILES string of the molecule is [Ce+4].[N-3].[N-3].[NH4+].[NH4+]. The minimum absolute atomic E-state index is 0. The smallest absolute Gasteiger partial charge is 3.00 e. The second-order valence-electron chi connectivity index (χ2n) is 0. The van der Waals surface area contributed by atoms with Gasteiger partial charge >= 0.3 is 41.7 Å². The minimum atomic E-state index is 0. The maximum Gasteiger partial charge on any atom is 4.00 e. The van der Waals surface area contributed by atoms with E-state index in [1.807, 2.05) is 0 Å². The van der Waals surface area contributed by atoms with Crippen molar-refractivity contribution in [2.75, 3.05) is 0 Å². The molecule has 0 aliphatic heterocycles. The minimum Gasteiger partial charge on any atom is -3.00 e. The molecule has 0 atom stereocenters. The largest absolute Gasteiger partial charge is 4.00 e. The van der Waals surface area contributed by atoms with Crippen LogP contribution in [0.25, 0.3) is 12.3 Å². The van der Waals surface area contributed by atoms with Gasteiger partial charge in [-0.2, -0.15) is 0 Å². The second-order valence-corrected chi connectivity index (χ2v) is 0. The van der Waals surface area contributed by atoms with Crippen LogP contribution in [0, 0.1) is 41.7 Å². The van der Waals surface area contributed by atoms with E-state index >= 15 is 0 Å². The van der Waals surface area contributed by atoms with Crippen LogP contribution in [0.3, 0.4) is 0 Å². The van der Waals surface area contributed by atoms with Gasteiger partial charge in [-0.05, 0) is 0 Å². The van der Waals surface area contributed by atoms with Crippen molar-refractivity contribution >= 4 is 0 Å². The molecule has 0 aromatic heterocycles. The van der Waals surface area contributed by atoms with Gasteiger partial charge in [-0.25, -0.2) is 0 Å². The monoisotopic (exact) mass is 204 g/mol. The van der Waals surface area contributed by atoms with Crippen molar-refractivity contribution in [3.8, 4) is 0 Å². The van der Waals surface area contributed by atoms with E-state index in [0.717, 1.165) is 0 Å². The molecule has 0 fully saturated rings. The van der Waals surface area contributed by atoms with Crippen LogP contribution in [0.15, 0.2) is 0 Å². The molecule has 0 bridgehead atoms. The summed E-state index contributed by atoms with van der Waals surface area (Å²) in [7, 11) is 0. The quantitative estimate of drug-likeness (QED) is 0.588. The summed E-state index contributed by atoms with van der Waals surface area (Å²) in [6, 6.07) is 0. The molecule has 0 aliphatic carbocycles. The molecule has 5 heavy (non-hydrogen) atoms. The molecule has 8 N–H and O–H groups in total. The molecule has 0 radical (unpaired) electrons. The van der Waals surface area contributed by atoms with Crippen LogP contribution in [0.1, 0.15) is 0 Å². The molecule has 0 spiro atoms. The van der Waals surface area contributed by atoms with Crippen LogP contribution >= 0.6 is 0 Å². The van der Waals surface area contributed by atoms with Gasteiger partial charge < -0.3 is 24.6 Å². The number of hydrogen-bond acceptors (Lipinski definition) is 0. The number of quaternary nitrogens is 2. The number of rotatable bonds is 0. The Labute approximate surface area is 65.8 Å². The van der Waals surface area contributed by atoms with Crippen LogP contribution in [0.4, 0.5) is 0 Å². The van der Waals surface area contributed by atoms with Gasteiger partial charge in [0.2, 0.25) is 0 Å². The van der Waals surface area contributed by atoms with E-state index in [0.29, 0.717) is 0 Å². The fourth-order valence-corrected chi connectivity index (χ4v) is 0. The first kappa shape index (κ1) is 114. The predicted molar refractivity (Wildman–Crippen MR) is 18.7 cm³/mol. The molecule has 0 rings (SSSR count). The summed E-state index contributed by atoms with van der Waals surface area (Å²) in [6.45, 7) is 0. The van der Waals surface area contributed by atoms with Crippen molar-refractivity contribution in [2.45, 2.75) is 0 Å². The topological polar surface area (TPSA) is 134 Å². The fraction of sp³-hybridized carbons (Fsp3) is 0. The Morgan fingerprint density at radius 3 is 0.600 bits per heavy atom. The average molecular weight is 204 g/mol. The second kappa shape index (κ2) is 62.7. The molecule has 0 saturated carbocycles. The Morgan fingerprint density at radius 1 is 0.600 bits per heavy atom. The molecule has 0 aliphatic rings. The molecular formula is H8CeN4. The molecule has 5 heteroatoms. The van der Waals surface area contributed by atoms with Crippen LogP contribution in [0.2, 0.25) is 0 Å². The zero-order valence-corrected chi connectivity index (χ0v) is 6.53. The molecule has 0 aromatic carbocycles. The van der Waals surface area contributed by atoms with E-state index in [9.17, 15) is 0 Å². The molecule has 32 valence electrons. The van der Waals surface area contributed by atoms with Gasteiger partial charge in [0.25, 0.3) is 0 Å². The third-order valence-electron chi connectivity index (χ3n) is 0. The van der Waals surface area contributed by atoms with Crippen molar-refractivity contribution < 1.29 is 41.7 Å². The molecule has 0 saturated heterocycles. The van der Waals surface area contributed by atoms with Crippen LogP contribution in [-0.4, -0.2) is 0 Å². The maximum atomic E-state index is 0. The van der Waals surface area contributed by atoms with Crippen molar-refractivity contribution in [1.82, 2.24) is 12.3 Å². The summed E-state index contributed by atoms with van der Waals surface area (Å²) in [5.74, 6) is 0. The zero-order valence-electron chi connectivity index (χ0n) is 3.39. The van der Waals surface area contributed by atoms with Crippen LogP contribution in [-0.2, 0) is 0 Å². The first-order chi connectivity index (χ1) is 0. The number of nitrogens with zero attached hydrogens (tertiary/aromatic N) is 2. The van der Waals surface area contributed by atoms with Gasteiger partial charge in [0, 0.05) is 0 Å². The van der Waals surface area contributed by atoms with E-state index in [-0.39, 0.29) is 66.3 Å². The fourth-order valence-electron chi connectivity index (χ4n) is 0. The van der Waals surface area contributed by atoms with Gasteiger partial charge in [0.05, 0.1) is 0 Å². The van der Waals surface area contributed by atoms with E-state index < -0.39 is 0 Å². The normalized spacial score (nSPS) is 0. The van der Waals surface area contributed by atoms with Crippen molar-refractivity contribution in [3.63, 3.8) is 0 Å². The zero-order chi connectivity index (χ0) is 0. The Morgan fingerprint density at radius 2 is 0.600 bits per heavy atom. The summed E-state index contributed by atoms with van der Waals surface area (Å²) in [6.07, 6.45) is 0. The predicted octanol–water partition coefficient (Wildman–Crippen LogP) is 1.33. The van der Waals surface area contributed by atoms with E-state index in [4.69, 9.17) is 0 Å². The summed E-state index contributed by atoms with van der Waals surface area (Å²) in [4.78, 5) is 0. The average Bonchev–Trinajstić information content (AvgIpc) is 0. The van der Waals surface area contributed by atoms with Crippen molar-refractivity contribution in [3.05, 3.63) is 12.3 Å². The van der Waals surface area contributed by atoms with E-state index in [1.165, 1.54) is 0 Å². The van der Waals surface area contributed by atoms with Gasteiger partial charge in [0.1, 0.15) is 0 Å². The van der Waals surface area contributed by atoms with E-state index in [1.54, 1.807) is 0 Å². The van der Waals surface area contributed by atoms with Gasteiger partial charge in [-0.15, -0.1) is 0 Å². The van der Waals surface area contributed by atoms with Crippen LogP contribution < -0.4 is 12.3 Å². The maximum absolute atomic E-state index is 0. The van der Waals surface area contributed by atoms with Crippen LogP contribution in [0.5, 0.6) is 0 Å². The summed E-state index contributed by atoms with van der Waals surface area (Å²) in [5, 5.41) is 0. The van der Waals surface area contributed by atoms with Crippen molar-refractivity contribution in [2.24, 2.45) is 0 Å². The summed E-state index contributed by atoms with van der Waals surface area (Å²) >= 11 is 0. The Bertz CT molecular complexity index is 3.61.